The van der Waals surface area contributed by atoms with E-state index in [-0.39, 0.29) is 11.8 Å². The van der Waals surface area contributed by atoms with Crippen LogP contribution in [0.4, 0.5) is 27.5 Å². The van der Waals surface area contributed by atoms with Gasteiger partial charge in [0.1, 0.15) is 5.52 Å². The molecule has 4 N–H and O–H groups in total. The molecule has 0 saturated heterocycles. The molecule has 0 fully saturated rings. The average molecular weight is 435 g/mol. The van der Waals surface area contributed by atoms with Crippen LogP contribution in [0, 0.1) is 5.82 Å². The summed E-state index contributed by atoms with van der Waals surface area (Å²) in [4.78, 5) is 29.1. The molecule has 0 aliphatic carbocycles. The fourth-order valence-corrected chi connectivity index (χ4v) is 3.36. The Morgan fingerprint density at radius 2 is 2.09 bits per heavy atom. The Kier molecular flexibility index (Phi) is 6.22. The lowest BCUT2D eigenvalue weighted by Gasteiger charge is -2.25. The topological polar surface area (TPSA) is 122 Å². The fraction of sp³-hybridized carbons (Fsp3) is 0.182. The van der Waals surface area contributed by atoms with Gasteiger partial charge in [-0.3, -0.25) is 4.79 Å². The highest BCUT2D eigenvalue weighted by Gasteiger charge is 2.20. The van der Waals surface area contributed by atoms with E-state index in [2.05, 4.69) is 25.3 Å². The Bertz CT molecular complexity index is 1240. The van der Waals surface area contributed by atoms with E-state index in [1.54, 1.807) is 42.6 Å². The predicted octanol–water partition coefficient (Wildman–Crippen LogP) is 3.51. The number of carbonyl (C=O) groups is 1. The van der Waals surface area contributed by atoms with Crippen LogP contribution in [0.5, 0.6) is 0 Å². The molecule has 9 nitrogen and oxygen atoms in total. The van der Waals surface area contributed by atoms with Crippen LogP contribution < -0.4 is 16.0 Å². The smallest absolute Gasteiger partial charge is 0.248 e. The summed E-state index contributed by atoms with van der Waals surface area (Å²) in [5, 5.41) is 3.00. The molecule has 0 saturated carbocycles. The van der Waals surface area contributed by atoms with Crippen molar-refractivity contribution in [3.05, 3.63) is 66.4 Å². The third-order valence-electron chi connectivity index (χ3n) is 4.83. The van der Waals surface area contributed by atoms with E-state index >= 15 is 0 Å². The van der Waals surface area contributed by atoms with Gasteiger partial charge in [-0.15, -0.1) is 0 Å². The number of ether oxygens (including phenoxy) is 1. The van der Waals surface area contributed by atoms with Crippen molar-refractivity contribution >= 4 is 40.1 Å². The molecule has 4 rings (SSSR count). The maximum atomic E-state index is 14.9. The van der Waals surface area contributed by atoms with Gasteiger partial charge in [0.05, 0.1) is 23.7 Å². The van der Waals surface area contributed by atoms with E-state index in [0.29, 0.717) is 42.0 Å². The number of fused-ring (bicyclic) bond motifs is 1. The molecule has 0 unspecified atom stereocenters. The van der Waals surface area contributed by atoms with Crippen molar-refractivity contribution in [1.82, 2.24) is 19.9 Å². The van der Waals surface area contributed by atoms with Crippen molar-refractivity contribution in [1.29, 1.82) is 0 Å². The third-order valence-corrected chi connectivity index (χ3v) is 4.83. The van der Waals surface area contributed by atoms with Gasteiger partial charge in [0, 0.05) is 31.5 Å². The molecule has 0 aliphatic heterocycles. The zero-order chi connectivity index (χ0) is 22.5. The lowest BCUT2D eigenvalue weighted by molar-refractivity contribution is 0.100. The van der Waals surface area contributed by atoms with Gasteiger partial charge < -0.3 is 25.7 Å². The Balaban J connectivity index is 1.72. The van der Waals surface area contributed by atoms with Gasteiger partial charge in [0.2, 0.25) is 11.9 Å². The number of hydrogen-bond acceptors (Lipinski definition) is 7. The summed E-state index contributed by atoms with van der Waals surface area (Å²) in [6, 6.07) is 12.2. The molecule has 2 aromatic heterocycles. The highest BCUT2D eigenvalue weighted by molar-refractivity contribution is 5.94. The number of aromatic nitrogens is 4. The second-order valence-electron chi connectivity index (χ2n) is 7.01. The number of primary amides is 1. The van der Waals surface area contributed by atoms with Crippen molar-refractivity contribution in [3.8, 4) is 0 Å². The zero-order valence-corrected chi connectivity index (χ0v) is 17.4. The summed E-state index contributed by atoms with van der Waals surface area (Å²) in [7, 11) is 1.62. The summed E-state index contributed by atoms with van der Waals surface area (Å²) in [5.41, 5.74) is 8.47. The van der Waals surface area contributed by atoms with E-state index in [9.17, 15) is 9.18 Å². The van der Waals surface area contributed by atoms with E-state index in [0.717, 1.165) is 11.7 Å². The molecule has 0 spiro atoms. The van der Waals surface area contributed by atoms with Crippen molar-refractivity contribution in [2.24, 2.45) is 5.73 Å². The van der Waals surface area contributed by atoms with Gasteiger partial charge >= 0.3 is 0 Å². The van der Waals surface area contributed by atoms with Crippen LogP contribution in [-0.2, 0) is 4.74 Å². The highest BCUT2D eigenvalue weighted by atomic mass is 19.1. The minimum Gasteiger partial charge on any atom is -0.385 e. The maximum absolute atomic E-state index is 14.9. The number of amides is 1. The van der Waals surface area contributed by atoms with Gasteiger partial charge in [-0.2, -0.15) is 4.98 Å². The lowest BCUT2D eigenvalue weighted by atomic mass is 10.2. The number of aromatic amines is 1. The summed E-state index contributed by atoms with van der Waals surface area (Å²) in [5.74, 6) is -0.855. The molecule has 2 aromatic carbocycles. The largest absolute Gasteiger partial charge is 0.385 e. The normalized spacial score (nSPS) is 10.9. The number of nitrogens with two attached hydrogens (primary N) is 1. The lowest BCUT2D eigenvalue weighted by Crippen LogP contribution is -2.23. The quantitative estimate of drug-likeness (QED) is 0.344. The molecule has 164 valence electrons. The number of hydrogen-bond donors (Lipinski definition) is 3. The van der Waals surface area contributed by atoms with Crippen LogP contribution in [0.1, 0.15) is 16.8 Å². The van der Waals surface area contributed by atoms with Crippen molar-refractivity contribution in [2.45, 2.75) is 6.42 Å². The number of para-hydroxylation sites is 1. The van der Waals surface area contributed by atoms with Gasteiger partial charge in [-0.1, -0.05) is 12.1 Å². The standard InChI is InChI=1S/C22H22FN7O2/c1-32-10-4-9-30(18-8-3-7-17-19(18)27-13-26-17)21-16(23)12-25-22(29-21)28-15-6-2-5-14(11-15)20(24)31/h2-3,5-8,11-13H,4,9-10H2,1H3,(H2,24,31)(H,26,27)(H,25,28,29). The number of imidazole rings is 1. The van der Waals surface area contributed by atoms with E-state index in [1.807, 2.05) is 18.2 Å². The van der Waals surface area contributed by atoms with Crippen LogP contribution in [0.3, 0.4) is 0 Å². The minimum atomic E-state index is -0.577. The summed E-state index contributed by atoms with van der Waals surface area (Å²) in [6.45, 7) is 0.953. The fourth-order valence-electron chi connectivity index (χ4n) is 3.36. The van der Waals surface area contributed by atoms with Gasteiger partial charge in [-0.25, -0.2) is 14.4 Å². The van der Waals surface area contributed by atoms with E-state index in [1.165, 1.54) is 0 Å². The second kappa shape index (κ2) is 9.40. The number of rotatable bonds is 9. The van der Waals surface area contributed by atoms with Crippen molar-refractivity contribution in [3.63, 3.8) is 0 Å². The van der Waals surface area contributed by atoms with E-state index < -0.39 is 11.7 Å². The number of methoxy groups -OCH3 is 1. The monoisotopic (exact) mass is 435 g/mol. The Morgan fingerprint density at radius 1 is 1.25 bits per heavy atom. The summed E-state index contributed by atoms with van der Waals surface area (Å²) in [6.07, 6.45) is 3.34. The SMILES string of the molecule is COCCCN(c1nc(Nc2cccc(C(N)=O)c2)ncc1F)c1cccc2[nH]cnc12. The first-order valence-corrected chi connectivity index (χ1v) is 9.95. The van der Waals surface area contributed by atoms with Crippen molar-refractivity contribution in [2.75, 3.05) is 30.5 Å². The summed E-state index contributed by atoms with van der Waals surface area (Å²) < 4.78 is 20.1. The molecule has 2 heterocycles. The molecule has 0 radical (unpaired) electrons. The van der Waals surface area contributed by atoms with Crippen LogP contribution in [0.15, 0.2) is 55.0 Å². The van der Waals surface area contributed by atoms with Crippen LogP contribution in [0.25, 0.3) is 11.0 Å². The molecular weight excluding hydrogens is 413 g/mol. The van der Waals surface area contributed by atoms with Crippen LogP contribution >= 0.6 is 0 Å². The number of nitrogens with zero attached hydrogens (tertiary/aromatic N) is 4. The maximum Gasteiger partial charge on any atom is 0.248 e. The van der Waals surface area contributed by atoms with Gasteiger partial charge in [-0.05, 0) is 36.8 Å². The number of halogens is 1. The number of anilines is 4. The zero-order valence-electron chi connectivity index (χ0n) is 17.4. The molecule has 4 aromatic rings. The number of benzene rings is 2. The minimum absolute atomic E-state index is 0.0974. The Morgan fingerprint density at radius 3 is 2.91 bits per heavy atom. The number of nitrogens with one attached hydrogen (secondary N) is 2. The number of H-pyrrole nitrogens is 1. The van der Waals surface area contributed by atoms with Crippen molar-refractivity contribution < 1.29 is 13.9 Å². The molecule has 10 heteroatoms. The van der Waals surface area contributed by atoms with Crippen LogP contribution in [-0.4, -0.2) is 46.1 Å². The number of carbonyl (C=O) groups excluding carboxylic acids is 1. The first-order valence-electron chi connectivity index (χ1n) is 9.95. The second-order valence-corrected chi connectivity index (χ2v) is 7.01. The first kappa shape index (κ1) is 21.2. The Hall–Kier alpha value is -4.05. The Labute approximate surface area is 183 Å². The van der Waals surface area contributed by atoms with Gasteiger partial charge in [0.25, 0.3) is 0 Å². The molecule has 0 bridgehead atoms. The summed E-state index contributed by atoms with van der Waals surface area (Å²) >= 11 is 0. The molecule has 1 amide bonds. The molecule has 32 heavy (non-hydrogen) atoms. The third kappa shape index (κ3) is 4.49. The average Bonchev–Trinajstić information content (AvgIpc) is 3.28. The molecular formula is C22H22FN7O2. The molecule has 0 aliphatic rings. The predicted molar refractivity (Wildman–Crippen MR) is 120 cm³/mol. The molecule has 0 atom stereocenters. The van der Waals surface area contributed by atoms with Gasteiger partial charge in [0.15, 0.2) is 11.6 Å². The highest BCUT2D eigenvalue weighted by Crippen LogP contribution is 2.32. The van der Waals surface area contributed by atoms with E-state index in [4.69, 9.17) is 10.5 Å². The first-order chi connectivity index (χ1) is 15.6. The van der Waals surface area contributed by atoms with Crippen LogP contribution in [0.2, 0.25) is 0 Å².